The molecule has 3 rings (SSSR count). The van der Waals surface area contributed by atoms with Gasteiger partial charge in [-0.3, -0.25) is 14.2 Å². The maximum absolute atomic E-state index is 12.3. The van der Waals surface area contributed by atoms with Crippen LogP contribution in [-0.2, 0) is 24.3 Å². The van der Waals surface area contributed by atoms with Crippen molar-refractivity contribution in [2.24, 2.45) is 0 Å². The van der Waals surface area contributed by atoms with E-state index in [9.17, 15) is 28.2 Å². The molecule has 16 nitrogen and oxygen atoms in total. The van der Waals surface area contributed by atoms with E-state index in [1.807, 2.05) is 0 Å². The molecule has 17 heteroatoms. The zero-order chi connectivity index (χ0) is 28.0. The van der Waals surface area contributed by atoms with Gasteiger partial charge in [-0.1, -0.05) is 6.42 Å². The number of hydrogen-bond donors (Lipinski definition) is 6. The molecule has 0 aliphatic carbocycles. The van der Waals surface area contributed by atoms with Crippen molar-refractivity contribution in [3.8, 4) is 0 Å². The van der Waals surface area contributed by atoms with Crippen LogP contribution in [0.1, 0.15) is 31.9 Å². The van der Waals surface area contributed by atoms with Crippen molar-refractivity contribution in [1.82, 2.24) is 34.5 Å². The minimum atomic E-state index is -3.20. The largest absolute Gasteiger partial charge is 0.387 e. The van der Waals surface area contributed by atoms with Gasteiger partial charge in [-0.25, -0.2) is 18.1 Å². The third-order valence-electron chi connectivity index (χ3n) is 5.82. The molecule has 1 fully saturated rings. The van der Waals surface area contributed by atoms with Crippen LogP contribution >= 0.6 is 0 Å². The van der Waals surface area contributed by atoms with Crippen LogP contribution in [0, 0.1) is 0 Å². The number of nitrogens with one attached hydrogen (secondary N) is 3. The van der Waals surface area contributed by atoms with E-state index < -0.39 is 40.5 Å². The number of nitrogens with zero attached hydrogens (tertiary/aromatic N) is 5. The summed E-state index contributed by atoms with van der Waals surface area (Å²) in [6.07, 6.45) is -0.499. The zero-order valence-electron chi connectivity index (χ0n) is 21.5. The van der Waals surface area contributed by atoms with Crippen LogP contribution in [0.2, 0.25) is 0 Å². The number of imidazole rings is 1. The first kappa shape index (κ1) is 29.4. The molecule has 0 aromatic carbocycles. The van der Waals surface area contributed by atoms with E-state index in [2.05, 4.69) is 30.3 Å². The van der Waals surface area contributed by atoms with Crippen molar-refractivity contribution in [2.45, 2.75) is 50.2 Å². The number of aromatic nitrogens is 4. The van der Waals surface area contributed by atoms with Crippen LogP contribution in [-0.4, -0.2) is 113 Å². The Balaban J connectivity index is 1.52. The number of unbranched alkanes of at least 4 members (excludes halogenated alkanes) is 2. The molecule has 4 atom stereocenters. The number of sulfonamides is 1. The summed E-state index contributed by atoms with van der Waals surface area (Å²) in [5.74, 6) is -0.409. The van der Waals surface area contributed by atoms with Crippen molar-refractivity contribution < 1.29 is 33.0 Å². The van der Waals surface area contributed by atoms with E-state index in [0.29, 0.717) is 38.9 Å². The van der Waals surface area contributed by atoms with E-state index in [-0.39, 0.29) is 28.8 Å². The van der Waals surface area contributed by atoms with Gasteiger partial charge in [0.1, 0.15) is 17.7 Å². The second-order valence-corrected chi connectivity index (χ2v) is 11.0. The molecule has 1 aliphatic rings. The normalized spacial score (nSPS) is 21.5. The number of likely N-dealkylation sites (N-methyl/N-ethyl adjacent to an activating group) is 1. The monoisotopic (exact) mass is 557 g/mol. The van der Waals surface area contributed by atoms with Crippen molar-refractivity contribution in [3.63, 3.8) is 0 Å². The number of ether oxygens (including phenoxy) is 1. The van der Waals surface area contributed by atoms with E-state index in [1.165, 1.54) is 29.9 Å². The topological polar surface area (TPSA) is 227 Å². The molecule has 0 spiro atoms. The fraction of sp³-hybridized carbons (Fsp3) is 0.667. The molecule has 2 aromatic rings. The van der Waals surface area contributed by atoms with E-state index in [0.717, 1.165) is 12.7 Å². The third-order valence-corrected chi connectivity index (χ3v) is 6.55. The number of nitrogen functional groups attached to an aromatic ring is 1. The summed E-state index contributed by atoms with van der Waals surface area (Å²) in [5, 5.41) is 26.6. The smallest absolute Gasteiger partial charge is 0.254 e. The molecule has 7 N–H and O–H groups in total. The first-order valence-corrected chi connectivity index (χ1v) is 14.0. The molecule has 3 heterocycles. The predicted molar refractivity (Wildman–Crippen MR) is 137 cm³/mol. The summed E-state index contributed by atoms with van der Waals surface area (Å²) in [6.45, 7) is 0.932. The summed E-state index contributed by atoms with van der Waals surface area (Å²) in [5.41, 5.74) is 6.50. The second-order valence-electron chi connectivity index (χ2n) is 9.17. The Bertz CT molecular complexity index is 1240. The first-order chi connectivity index (χ1) is 17.9. The average Bonchev–Trinajstić information content (AvgIpc) is 3.39. The molecule has 0 radical (unpaired) electrons. The van der Waals surface area contributed by atoms with Crippen molar-refractivity contribution in [1.29, 1.82) is 0 Å². The van der Waals surface area contributed by atoms with Gasteiger partial charge in [0.05, 0.1) is 12.6 Å². The van der Waals surface area contributed by atoms with Gasteiger partial charge in [0.25, 0.3) is 5.91 Å². The van der Waals surface area contributed by atoms with Gasteiger partial charge >= 0.3 is 0 Å². The predicted octanol–water partition coefficient (Wildman–Crippen LogP) is -2.25. The van der Waals surface area contributed by atoms with Gasteiger partial charge in [0.2, 0.25) is 21.9 Å². The Morgan fingerprint density at radius 2 is 1.87 bits per heavy atom. The third kappa shape index (κ3) is 7.47. The summed E-state index contributed by atoms with van der Waals surface area (Å²) < 4.78 is 31.5. The molecule has 0 bridgehead atoms. The highest BCUT2D eigenvalue weighted by atomic mass is 32.2. The quantitative estimate of drug-likeness (QED) is 0.144. The molecular weight excluding hydrogens is 522 g/mol. The Morgan fingerprint density at radius 1 is 1.13 bits per heavy atom. The molecule has 212 valence electrons. The number of amides is 2. The Morgan fingerprint density at radius 3 is 2.55 bits per heavy atom. The lowest BCUT2D eigenvalue weighted by Gasteiger charge is -2.18. The highest BCUT2D eigenvalue weighted by molar-refractivity contribution is 7.88. The van der Waals surface area contributed by atoms with Crippen LogP contribution in [0.4, 0.5) is 11.8 Å². The molecule has 1 aliphatic heterocycles. The average molecular weight is 558 g/mol. The lowest BCUT2D eigenvalue weighted by atomic mass is 10.1. The zero-order valence-corrected chi connectivity index (χ0v) is 22.3. The lowest BCUT2D eigenvalue weighted by Crippen LogP contribution is -2.42. The fourth-order valence-corrected chi connectivity index (χ4v) is 4.38. The minimum absolute atomic E-state index is 0.0691. The van der Waals surface area contributed by atoms with Gasteiger partial charge in [-0.05, 0) is 12.8 Å². The number of carbonyl (C=O) groups is 2. The fourth-order valence-electron chi connectivity index (χ4n) is 3.86. The summed E-state index contributed by atoms with van der Waals surface area (Å²) in [6, 6.07) is 0. The van der Waals surface area contributed by atoms with Crippen molar-refractivity contribution in [2.75, 3.05) is 51.0 Å². The molecule has 2 aromatic heterocycles. The number of anilines is 2. The maximum Gasteiger partial charge on any atom is 0.254 e. The van der Waals surface area contributed by atoms with E-state index in [4.69, 9.17) is 10.5 Å². The highest BCUT2D eigenvalue weighted by Crippen LogP contribution is 2.33. The van der Waals surface area contributed by atoms with Gasteiger partial charge in [-0.15, -0.1) is 0 Å². The van der Waals surface area contributed by atoms with Crippen LogP contribution in [0.5, 0.6) is 0 Å². The minimum Gasteiger partial charge on any atom is -0.387 e. The Labute approximate surface area is 220 Å². The standard InChI is InChI=1S/C21H35N9O7S/c1-29(2)19(34)16-14(32)15(33)20(37-16)30-11-25-13-17(22)27-21(28-18(13)30)24-10-9-23-12(31)7-5-4-6-8-26-38(3,35)36/h11,14-16,20,26,32-33H,4-10H2,1-3H3,(H,23,31)(H3,22,24,27,28)/t14-,15+,16-,20?/m0/s1. The summed E-state index contributed by atoms with van der Waals surface area (Å²) in [4.78, 5) is 38.3. The lowest BCUT2D eigenvalue weighted by molar-refractivity contribution is -0.146. The maximum atomic E-state index is 12.3. The van der Waals surface area contributed by atoms with Crippen LogP contribution in [0.25, 0.3) is 11.2 Å². The van der Waals surface area contributed by atoms with Gasteiger partial charge < -0.3 is 36.2 Å². The van der Waals surface area contributed by atoms with Gasteiger partial charge in [0, 0.05) is 40.2 Å². The van der Waals surface area contributed by atoms with Crippen LogP contribution in [0.15, 0.2) is 6.33 Å². The molecule has 0 saturated carbocycles. The van der Waals surface area contributed by atoms with Gasteiger partial charge in [-0.2, -0.15) is 9.97 Å². The molecule has 1 unspecified atom stereocenters. The van der Waals surface area contributed by atoms with Crippen molar-refractivity contribution in [3.05, 3.63) is 6.33 Å². The number of rotatable bonds is 13. The number of carbonyl (C=O) groups excluding carboxylic acids is 2. The number of aliphatic hydroxyl groups is 2. The van der Waals surface area contributed by atoms with Gasteiger partial charge in [0.15, 0.2) is 23.8 Å². The number of nitrogens with two attached hydrogens (primary N) is 1. The van der Waals surface area contributed by atoms with E-state index >= 15 is 0 Å². The molecular formula is C21H35N9O7S. The van der Waals surface area contributed by atoms with Crippen molar-refractivity contribution >= 4 is 44.8 Å². The number of aliphatic hydroxyl groups excluding tert-OH is 2. The second kappa shape index (κ2) is 12.6. The van der Waals surface area contributed by atoms with Crippen LogP contribution in [0.3, 0.4) is 0 Å². The number of fused-ring (bicyclic) bond motifs is 1. The van der Waals surface area contributed by atoms with Crippen LogP contribution < -0.4 is 21.1 Å². The summed E-state index contributed by atoms with van der Waals surface area (Å²) in [7, 11) is -0.166. The Kier molecular flexibility index (Phi) is 9.77. The first-order valence-electron chi connectivity index (χ1n) is 12.1. The number of hydrogen-bond acceptors (Lipinski definition) is 12. The molecule has 1 saturated heterocycles. The summed E-state index contributed by atoms with van der Waals surface area (Å²) >= 11 is 0. The SMILES string of the molecule is CN(C)C(=O)[C@H]1OC(n2cnc3c(N)nc(NCCNC(=O)CCCCCNS(C)(=O)=O)nc32)[C@H](O)[C@@H]1O. The molecule has 2 amide bonds. The molecule has 38 heavy (non-hydrogen) atoms. The Hall–Kier alpha value is -3.12. The highest BCUT2D eigenvalue weighted by Gasteiger charge is 2.48. The van der Waals surface area contributed by atoms with E-state index in [1.54, 1.807) is 0 Å².